The van der Waals surface area contributed by atoms with Gasteiger partial charge in [0.15, 0.2) is 6.10 Å². The van der Waals surface area contributed by atoms with Gasteiger partial charge in [0.2, 0.25) is 0 Å². The van der Waals surface area contributed by atoms with Gasteiger partial charge >= 0.3 is 6.18 Å². The zero-order valence-corrected chi connectivity index (χ0v) is 13.4. The van der Waals surface area contributed by atoms with Crippen LogP contribution in [-0.2, 0) is 11.0 Å². The van der Waals surface area contributed by atoms with Crippen molar-refractivity contribution >= 4 is 11.6 Å². The first-order valence-electron chi connectivity index (χ1n) is 7.51. The van der Waals surface area contributed by atoms with Gasteiger partial charge in [0.25, 0.3) is 5.91 Å². The highest BCUT2D eigenvalue weighted by Crippen LogP contribution is 2.34. The number of hydrogen-bond donors (Lipinski definition) is 1. The fourth-order valence-electron chi connectivity index (χ4n) is 2.23. The van der Waals surface area contributed by atoms with E-state index in [0.29, 0.717) is 12.2 Å². The number of amides is 1. The zero-order valence-electron chi connectivity index (χ0n) is 13.4. The Hall–Kier alpha value is -2.50. The number of hydrogen-bond acceptors (Lipinski definition) is 2. The molecule has 0 heterocycles. The van der Waals surface area contributed by atoms with Crippen molar-refractivity contribution in [3.05, 3.63) is 59.7 Å². The molecule has 6 heteroatoms. The zero-order chi connectivity index (χ0) is 17.7. The summed E-state index contributed by atoms with van der Waals surface area (Å²) in [6.07, 6.45) is -5.09. The standard InChI is InChI=1S/C18H18F3NO2/c1-3-16(24-13-8-6-7-12(2)11-13)17(23)22-15-10-5-4-9-14(15)18(19,20)21/h4-11,16H,3H2,1-2H3,(H,22,23)/t16-/m1/s1. The molecule has 0 bridgehead atoms. The maximum atomic E-state index is 13.0. The lowest BCUT2D eigenvalue weighted by molar-refractivity contribution is -0.137. The number of aryl methyl sites for hydroxylation is 1. The molecular formula is C18H18F3NO2. The summed E-state index contributed by atoms with van der Waals surface area (Å²) in [6, 6.07) is 12.0. The topological polar surface area (TPSA) is 38.3 Å². The number of nitrogens with one attached hydrogen (secondary N) is 1. The molecule has 0 aliphatic heterocycles. The van der Waals surface area contributed by atoms with Crippen LogP contribution >= 0.6 is 0 Å². The van der Waals surface area contributed by atoms with E-state index in [1.807, 2.05) is 13.0 Å². The van der Waals surface area contributed by atoms with Crippen LogP contribution in [0.15, 0.2) is 48.5 Å². The van der Waals surface area contributed by atoms with Crippen LogP contribution in [0.2, 0.25) is 0 Å². The third-order valence-corrected chi connectivity index (χ3v) is 3.42. The fraction of sp³-hybridized carbons (Fsp3) is 0.278. The third kappa shape index (κ3) is 4.50. The second kappa shape index (κ2) is 7.38. The van der Waals surface area contributed by atoms with Crippen LogP contribution in [0, 0.1) is 6.92 Å². The maximum Gasteiger partial charge on any atom is 0.418 e. The Labute approximate surface area is 138 Å². The van der Waals surface area contributed by atoms with Crippen LogP contribution in [0.5, 0.6) is 5.75 Å². The minimum absolute atomic E-state index is 0.277. The Morgan fingerprint density at radius 1 is 1.17 bits per heavy atom. The summed E-state index contributed by atoms with van der Waals surface area (Å²) in [6.45, 7) is 3.61. The average Bonchev–Trinajstić information content (AvgIpc) is 2.52. The van der Waals surface area contributed by atoms with Crippen LogP contribution in [0.1, 0.15) is 24.5 Å². The van der Waals surface area contributed by atoms with E-state index in [2.05, 4.69) is 5.32 Å². The molecule has 0 aliphatic carbocycles. The van der Waals surface area contributed by atoms with E-state index in [1.165, 1.54) is 18.2 Å². The molecule has 1 N–H and O–H groups in total. The molecule has 0 radical (unpaired) electrons. The highest BCUT2D eigenvalue weighted by molar-refractivity contribution is 5.95. The van der Waals surface area contributed by atoms with E-state index in [-0.39, 0.29) is 5.69 Å². The predicted molar refractivity (Wildman–Crippen MR) is 86.0 cm³/mol. The van der Waals surface area contributed by atoms with Gasteiger partial charge in [-0.15, -0.1) is 0 Å². The summed E-state index contributed by atoms with van der Waals surface area (Å²) < 4.78 is 44.6. The predicted octanol–water partition coefficient (Wildman–Crippen LogP) is 4.81. The lowest BCUT2D eigenvalue weighted by Crippen LogP contribution is -2.33. The molecule has 2 aromatic rings. The fourth-order valence-corrected chi connectivity index (χ4v) is 2.23. The summed E-state index contributed by atoms with van der Waals surface area (Å²) in [5.41, 5.74) is -0.199. The Bertz CT molecular complexity index is 713. The van der Waals surface area contributed by atoms with Crippen molar-refractivity contribution in [1.29, 1.82) is 0 Å². The molecule has 3 nitrogen and oxygen atoms in total. The first kappa shape index (κ1) is 17.8. The van der Waals surface area contributed by atoms with E-state index in [0.717, 1.165) is 11.6 Å². The average molecular weight is 337 g/mol. The largest absolute Gasteiger partial charge is 0.481 e. The molecule has 0 aromatic heterocycles. The normalized spacial score (nSPS) is 12.5. The molecule has 0 aliphatic rings. The number of benzene rings is 2. The second-order valence-electron chi connectivity index (χ2n) is 5.36. The van der Waals surface area contributed by atoms with Crippen molar-refractivity contribution in [2.75, 3.05) is 5.32 Å². The molecule has 128 valence electrons. The van der Waals surface area contributed by atoms with Crippen molar-refractivity contribution in [3.63, 3.8) is 0 Å². The first-order chi connectivity index (χ1) is 11.3. The maximum absolute atomic E-state index is 13.0. The number of ether oxygens (including phenoxy) is 1. The molecule has 1 atom stereocenters. The van der Waals surface area contributed by atoms with Crippen LogP contribution in [0.25, 0.3) is 0 Å². The highest BCUT2D eigenvalue weighted by Gasteiger charge is 2.34. The van der Waals surface area contributed by atoms with Gasteiger partial charge in [0, 0.05) is 0 Å². The minimum atomic E-state index is -4.54. The molecule has 0 unspecified atom stereocenters. The van der Waals surface area contributed by atoms with E-state index >= 15 is 0 Å². The highest BCUT2D eigenvalue weighted by atomic mass is 19.4. The SMILES string of the molecule is CC[C@@H](Oc1cccc(C)c1)C(=O)Nc1ccccc1C(F)(F)F. The van der Waals surface area contributed by atoms with Gasteiger partial charge in [0.05, 0.1) is 11.3 Å². The summed E-state index contributed by atoms with van der Waals surface area (Å²) in [7, 11) is 0. The van der Waals surface area contributed by atoms with Gasteiger partial charge in [-0.05, 0) is 43.2 Å². The minimum Gasteiger partial charge on any atom is -0.481 e. The molecule has 0 saturated heterocycles. The van der Waals surface area contributed by atoms with Crippen LogP contribution in [-0.4, -0.2) is 12.0 Å². The second-order valence-corrected chi connectivity index (χ2v) is 5.36. The molecule has 0 saturated carbocycles. The monoisotopic (exact) mass is 337 g/mol. The quantitative estimate of drug-likeness (QED) is 0.850. The smallest absolute Gasteiger partial charge is 0.418 e. The lowest BCUT2D eigenvalue weighted by atomic mass is 10.1. The number of carbonyl (C=O) groups excluding carboxylic acids is 1. The van der Waals surface area contributed by atoms with Gasteiger partial charge in [-0.2, -0.15) is 13.2 Å². The molecule has 0 fully saturated rings. The van der Waals surface area contributed by atoms with Gasteiger partial charge in [-0.1, -0.05) is 31.2 Å². The van der Waals surface area contributed by atoms with Crippen molar-refractivity contribution in [2.24, 2.45) is 0 Å². The Kier molecular flexibility index (Phi) is 5.49. The Morgan fingerprint density at radius 3 is 2.50 bits per heavy atom. The van der Waals surface area contributed by atoms with Crippen molar-refractivity contribution in [1.82, 2.24) is 0 Å². The van der Waals surface area contributed by atoms with Crippen LogP contribution in [0.3, 0.4) is 0 Å². The van der Waals surface area contributed by atoms with E-state index in [1.54, 1.807) is 25.1 Å². The number of anilines is 1. The summed E-state index contributed by atoms with van der Waals surface area (Å²) in [5, 5.41) is 2.32. The number of alkyl halides is 3. The van der Waals surface area contributed by atoms with Gasteiger partial charge < -0.3 is 10.1 Å². The first-order valence-corrected chi connectivity index (χ1v) is 7.51. The van der Waals surface area contributed by atoms with Crippen LogP contribution in [0.4, 0.5) is 18.9 Å². The van der Waals surface area contributed by atoms with E-state index in [4.69, 9.17) is 4.74 Å². The summed E-state index contributed by atoms with van der Waals surface area (Å²) in [5.74, 6) is -0.114. The molecule has 2 rings (SSSR count). The third-order valence-electron chi connectivity index (χ3n) is 3.42. The lowest BCUT2D eigenvalue weighted by Gasteiger charge is -2.19. The number of carbonyl (C=O) groups is 1. The number of rotatable bonds is 5. The van der Waals surface area contributed by atoms with Gasteiger partial charge in [-0.25, -0.2) is 0 Å². The molecule has 0 spiro atoms. The summed E-state index contributed by atoms with van der Waals surface area (Å²) in [4.78, 5) is 12.3. The summed E-state index contributed by atoms with van der Waals surface area (Å²) >= 11 is 0. The molecule has 24 heavy (non-hydrogen) atoms. The Morgan fingerprint density at radius 2 is 1.88 bits per heavy atom. The molecule has 1 amide bonds. The number of para-hydroxylation sites is 1. The van der Waals surface area contributed by atoms with Gasteiger partial charge in [-0.3, -0.25) is 4.79 Å². The van der Waals surface area contributed by atoms with Crippen molar-refractivity contribution in [3.8, 4) is 5.75 Å². The van der Waals surface area contributed by atoms with Crippen LogP contribution < -0.4 is 10.1 Å². The molecular weight excluding hydrogens is 319 g/mol. The van der Waals surface area contributed by atoms with Gasteiger partial charge in [0.1, 0.15) is 5.75 Å². The van der Waals surface area contributed by atoms with E-state index < -0.39 is 23.8 Å². The molecule has 2 aromatic carbocycles. The van der Waals surface area contributed by atoms with Crippen molar-refractivity contribution < 1.29 is 22.7 Å². The Balaban J connectivity index is 2.16. The number of halogens is 3. The van der Waals surface area contributed by atoms with E-state index in [9.17, 15) is 18.0 Å². The van der Waals surface area contributed by atoms with Crippen molar-refractivity contribution in [2.45, 2.75) is 32.5 Å².